The van der Waals surface area contributed by atoms with Crippen LogP contribution in [0.15, 0.2) is 0 Å². The van der Waals surface area contributed by atoms with Crippen LogP contribution in [0.1, 0.15) is 59.8 Å². The number of hydrogen-bond acceptors (Lipinski definition) is 6. The second kappa shape index (κ2) is 11.9. The molecule has 8 heteroatoms. The Labute approximate surface area is 168 Å². The van der Waals surface area contributed by atoms with Crippen LogP contribution >= 0.6 is 43.2 Å². The molecule has 146 valence electrons. The molecule has 1 rings (SSSR count). The monoisotopic (exact) mass is 425 g/mol. The van der Waals surface area contributed by atoms with E-state index in [0.717, 1.165) is 17.4 Å². The van der Waals surface area contributed by atoms with E-state index >= 15 is 0 Å². The van der Waals surface area contributed by atoms with Crippen molar-refractivity contribution in [2.24, 2.45) is 5.92 Å². The highest BCUT2D eigenvalue weighted by atomic mass is 33.1. The number of carboxylic acids is 1. The summed E-state index contributed by atoms with van der Waals surface area (Å²) in [6, 6.07) is -0.797. The molecule has 1 aliphatic heterocycles. The van der Waals surface area contributed by atoms with E-state index in [1.54, 1.807) is 32.4 Å². The summed E-state index contributed by atoms with van der Waals surface area (Å²) in [5.41, 5.74) is 0. The zero-order valence-electron chi connectivity index (χ0n) is 15.6. The summed E-state index contributed by atoms with van der Waals surface area (Å²) in [5, 5.41) is 12.6. The first-order chi connectivity index (χ1) is 11.7. The average molecular weight is 426 g/mol. The fraction of sp³-hybridized carbons (Fsp3) is 0.882. The van der Waals surface area contributed by atoms with Gasteiger partial charge in [0.15, 0.2) is 0 Å². The Bertz CT molecular complexity index is 432. The lowest BCUT2D eigenvalue weighted by Gasteiger charge is -2.26. The molecule has 25 heavy (non-hydrogen) atoms. The van der Waals surface area contributed by atoms with E-state index in [4.69, 9.17) is 0 Å². The quantitative estimate of drug-likeness (QED) is 0.454. The zero-order valence-corrected chi connectivity index (χ0v) is 18.8. The molecule has 4 nitrogen and oxygen atoms in total. The van der Waals surface area contributed by atoms with Gasteiger partial charge in [-0.05, 0) is 32.6 Å². The number of rotatable bonds is 6. The van der Waals surface area contributed by atoms with Crippen molar-refractivity contribution in [2.75, 3.05) is 11.5 Å². The Kier molecular flexibility index (Phi) is 11.2. The standard InChI is InChI=1S/C17H31NO3S4/c1-12(2)7-5-6-8-13-11-23-25-17(3,4)16(21)18-14(15(19)20)9-10-22-24-13/h12-14H,5-11H2,1-4H3,(H,18,21)(H,19,20). The smallest absolute Gasteiger partial charge is 0.326 e. The molecule has 0 aromatic heterocycles. The molecule has 0 aliphatic carbocycles. The van der Waals surface area contributed by atoms with Crippen molar-refractivity contribution in [1.82, 2.24) is 5.32 Å². The second-order valence-electron chi connectivity index (χ2n) is 7.25. The van der Waals surface area contributed by atoms with Gasteiger partial charge in [0.2, 0.25) is 5.91 Å². The number of carbonyl (C=O) groups excluding carboxylic acids is 1. The first-order valence-electron chi connectivity index (χ1n) is 8.85. The van der Waals surface area contributed by atoms with Gasteiger partial charge in [0.1, 0.15) is 6.04 Å². The highest BCUT2D eigenvalue weighted by molar-refractivity contribution is 8.78. The Morgan fingerprint density at radius 1 is 1.32 bits per heavy atom. The second-order valence-corrected chi connectivity index (χ2v) is 13.0. The number of carboxylic acid groups (broad SMARTS) is 1. The van der Waals surface area contributed by atoms with E-state index in [1.165, 1.54) is 25.7 Å². The lowest BCUT2D eigenvalue weighted by Crippen LogP contribution is -2.48. The van der Waals surface area contributed by atoms with Gasteiger partial charge in [-0.25, -0.2) is 4.79 Å². The summed E-state index contributed by atoms with van der Waals surface area (Å²) in [6.07, 6.45) is 5.44. The van der Waals surface area contributed by atoms with E-state index in [1.807, 2.05) is 24.6 Å². The first-order valence-corrected chi connectivity index (χ1v) is 13.5. The highest BCUT2D eigenvalue weighted by Gasteiger charge is 2.33. The van der Waals surface area contributed by atoms with Gasteiger partial charge in [-0.15, -0.1) is 0 Å². The lowest BCUT2D eigenvalue weighted by molar-refractivity contribution is -0.142. The van der Waals surface area contributed by atoms with Crippen LogP contribution in [0.25, 0.3) is 0 Å². The minimum Gasteiger partial charge on any atom is -0.480 e. The van der Waals surface area contributed by atoms with Gasteiger partial charge >= 0.3 is 5.97 Å². The number of nitrogens with one attached hydrogen (secondary N) is 1. The minimum absolute atomic E-state index is 0.191. The summed E-state index contributed by atoms with van der Waals surface area (Å²) in [4.78, 5) is 23.8. The van der Waals surface area contributed by atoms with E-state index < -0.39 is 16.8 Å². The summed E-state index contributed by atoms with van der Waals surface area (Å²) < 4.78 is -0.627. The molecule has 0 spiro atoms. The van der Waals surface area contributed by atoms with Gasteiger partial charge in [0, 0.05) is 16.8 Å². The van der Waals surface area contributed by atoms with Crippen molar-refractivity contribution in [3.63, 3.8) is 0 Å². The van der Waals surface area contributed by atoms with Gasteiger partial charge in [-0.2, -0.15) is 0 Å². The molecule has 0 aromatic carbocycles. The molecule has 0 saturated carbocycles. The predicted molar refractivity (Wildman–Crippen MR) is 115 cm³/mol. The van der Waals surface area contributed by atoms with Crippen molar-refractivity contribution < 1.29 is 14.7 Å². The maximum absolute atomic E-state index is 12.4. The molecule has 1 heterocycles. The molecule has 1 amide bonds. The van der Waals surface area contributed by atoms with E-state index in [-0.39, 0.29) is 5.91 Å². The third kappa shape index (κ3) is 9.73. The number of aliphatic carboxylic acids is 1. The molecule has 2 N–H and O–H groups in total. The molecule has 1 saturated heterocycles. The Morgan fingerprint density at radius 2 is 2.04 bits per heavy atom. The van der Waals surface area contributed by atoms with Crippen molar-refractivity contribution in [3.05, 3.63) is 0 Å². The summed E-state index contributed by atoms with van der Waals surface area (Å²) in [7, 11) is 6.92. The maximum atomic E-state index is 12.4. The Balaban J connectivity index is 2.60. The molecule has 2 atom stereocenters. The fourth-order valence-corrected chi connectivity index (χ4v) is 8.41. The zero-order chi connectivity index (χ0) is 18.9. The fourth-order valence-electron chi connectivity index (χ4n) is 2.28. The first kappa shape index (κ1) is 23.4. The Hall–Kier alpha value is 0.340. The molecular weight excluding hydrogens is 394 g/mol. The van der Waals surface area contributed by atoms with E-state index in [9.17, 15) is 14.7 Å². The van der Waals surface area contributed by atoms with Crippen molar-refractivity contribution in [3.8, 4) is 0 Å². The van der Waals surface area contributed by atoms with Crippen molar-refractivity contribution in [2.45, 2.75) is 75.8 Å². The molecule has 0 radical (unpaired) electrons. The summed E-state index contributed by atoms with van der Waals surface area (Å²) >= 11 is 0. The largest absolute Gasteiger partial charge is 0.480 e. The Morgan fingerprint density at radius 3 is 2.68 bits per heavy atom. The summed E-state index contributed by atoms with van der Waals surface area (Å²) in [5.74, 6) is 1.38. The van der Waals surface area contributed by atoms with Crippen LogP contribution in [0.5, 0.6) is 0 Å². The molecule has 2 unspecified atom stereocenters. The van der Waals surface area contributed by atoms with Crippen LogP contribution in [-0.4, -0.2) is 44.5 Å². The van der Waals surface area contributed by atoms with E-state index in [2.05, 4.69) is 19.2 Å². The number of amides is 1. The van der Waals surface area contributed by atoms with Gasteiger partial charge in [0.25, 0.3) is 0 Å². The van der Waals surface area contributed by atoms with Crippen molar-refractivity contribution >= 4 is 55.1 Å². The third-order valence-corrected chi connectivity index (χ3v) is 10.3. The van der Waals surface area contributed by atoms with Crippen molar-refractivity contribution in [1.29, 1.82) is 0 Å². The van der Waals surface area contributed by atoms with Gasteiger partial charge < -0.3 is 10.4 Å². The molecule has 0 aromatic rings. The highest BCUT2D eigenvalue weighted by Crippen LogP contribution is 2.41. The SMILES string of the molecule is CC(C)CCCCC1CSSC(C)(C)C(=O)NC(C(=O)O)CCSS1. The van der Waals surface area contributed by atoms with Crippen LogP contribution in [0.3, 0.4) is 0 Å². The molecule has 1 aliphatic rings. The average Bonchev–Trinajstić information content (AvgIpc) is 2.51. The van der Waals surface area contributed by atoms with Crippen LogP contribution in [0.4, 0.5) is 0 Å². The molecular formula is C17H31NO3S4. The van der Waals surface area contributed by atoms with Crippen LogP contribution in [0, 0.1) is 5.92 Å². The lowest BCUT2D eigenvalue weighted by atomic mass is 10.0. The number of carbonyl (C=O) groups is 2. The molecule has 0 bridgehead atoms. The maximum Gasteiger partial charge on any atom is 0.326 e. The number of unbranched alkanes of at least 4 members (excludes halogenated alkanes) is 1. The van der Waals surface area contributed by atoms with Gasteiger partial charge in [-0.1, -0.05) is 76.3 Å². The normalized spacial score (nSPS) is 25.7. The van der Waals surface area contributed by atoms with Crippen LogP contribution in [0.2, 0.25) is 0 Å². The molecule has 1 fully saturated rings. The third-order valence-electron chi connectivity index (χ3n) is 3.92. The van der Waals surface area contributed by atoms with E-state index in [0.29, 0.717) is 11.7 Å². The predicted octanol–water partition coefficient (Wildman–Crippen LogP) is 5.09. The number of hydrogen-bond donors (Lipinski definition) is 2. The van der Waals surface area contributed by atoms with Crippen LogP contribution in [-0.2, 0) is 9.59 Å². The van der Waals surface area contributed by atoms with Gasteiger partial charge in [0.05, 0.1) is 4.75 Å². The summed E-state index contributed by atoms with van der Waals surface area (Å²) in [6.45, 7) is 8.26. The van der Waals surface area contributed by atoms with Gasteiger partial charge in [-0.3, -0.25) is 4.79 Å². The topological polar surface area (TPSA) is 66.4 Å². The van der Waals surface area contributed by atoms with Crippen LogP contribution < -0.4 is 5.32 Å². The minimum atomic E-state index is -0.949.